The quantitative estimate of drug-likeness (QED) is 0.940. The van der Waals surface area contributed by atoms with Gasteiger partial charge in [-0.3, -0.25) is 9.89 Å². The normalized spacial score (nSPS) is 20.2. The van der Waals surface area contributed by atoms with Crippen molar-refractivity contribution in [1.82, 2.24) is 15.1 Å². The molecule has 1 N–H and O–H groups in total. The Morgan fingerprint density at radius 2 is 2.17 bits per heavy atom. The van der Waals surface area contributed by atoms with Crippen LogP contribution in [-0.2, 0) is 11.2 Å². The summed E-state index contributed by atoms with van der Waals surface area (Å²) in [6.07, 6.45) is 5.69. The van der Waals surface area contributed by atoms with Crippen LogP contribution in [0.25, 0.3) is 0 Å². The predicted octanol–water partition coefficient (Wildman–Crippen LogP) is 2.57. The number of H-pyrrole nitrogens is 1. The SMILES string of the molecule is O=C(CCN1CCc2ccccc21)N1CCC[C@H](c2ccn[nH]2)C1. The van der Waals surface area contributed by atoms with Gasteiger partial charge in [0.1, 0.15) is 0 Å². The van der Waals surface area contributed by atoms with Gasteiger partial charge in [0, 0.05) is 56.1 Å². The highest BCUT2D eigenvalue weighted by molar-refractivity contribution is 5.77. The zero-order valence-electron chi connectivity index (χ0n) is 13.9. The Balaban J connectivity index is 1.33. The molecule has 5 heteroatoms. The summed E-state index contributed by atoms with van der Waals surface area (Å²) in [6.45, 7) is 3.56. The number of carbonyl (C=O) groups is 1. The molecule has 2 aromatic rings. The molecule has 5 nitrogen and oxygen atoms in total. The third-order valence-electron chi connectivity index (χ3n) is 5.32. The Kier molecular flexibility index (Phi) is 4.24. The van der Waals surface area contributed by atoms with Crippen LogP contribution in [0.4, 0.5) is 5.69 Å². The lowest BCUT2D eigenvalue weighted by Gasteiger charge is -2.33. The van der Waals surface area contributed by atoms with E-state index in [9.17, 15) is 4.79 Å². The van der Waals surface area contributed by atoms with Gasteiger partial charge < -0.3 is 9.80 Å². The van der Waals surface area contributed by atoms with Crippen LogP contribution >= 0.6 is 0 Å². The largest absolute Gasteiger partial charge is 0.370 e. The first kappa shape index (κ1) is 15.2. The number of rotatable bonds is 4. The van der Waals surface area contributed by atoms with Crippen molar-refractivity contribution in [2.45, 2.75) is 31.6 Å². The molecule has 0 saturated carbocycles. The lowest BCUT2D eigenvalue weighted by atomic mass is 9.95. The minimum Gasteiger partial charge on any atom is -0.370 e. The second-order valence-corrected chi connectivity index (χ2v) is 6.81. The van der Waals surface area contributed by atoms with Crippen molar-refractivity contribution >= 4 is 11.6 Å². The monoisotopic (exact) mass is 324 g/mol. The van der Waals surface area contributed by atoms with Gasteiger partial charge in [-0.1, -0.05) is 18.2 Å². The third-order valence-corrected chi connectivity index (χ3v) is 5.32. The number of para-hydroxylation sites is 1. The van der Waals surface area contributed by atoms with Crippen LogP contribution in [0.2, 0.25) is 0 Å². The average molecular weight is 324 g/mol. The Morgan fingerprint density at radius 3 is 3.04 bits per heavy atom. The maximum Gasteiger partial charge on any atom is 0.224 e. The first-order valence-electron chi connectivity index (χ1n) is 8.91. The van der Waals surface area contributed by atoms with E-state index in [-0.39, 0.29) is 5.91 Å². The highest BCUT2D eigenvalue weighted by Crippen LogP contribution is 2.28. The van der Waals surface area contributed by atoms with Gasteiger partial charge in [0.05, 0.1) is 0 Å². The second kappa shape index (κ2) is 6.67. The van der Waals surface area contributed by atoms with Crippen LogP contribution in [-0.4, -0.2) is 47.2 Å². The van der Waals surface area contributed by atoms with Crippen molar-refractivity contribution in [1.29, 1.82) is 0 Å². The molecule has 0 unspecified atom stereocenters. The summed E-state index contributed by atoms with van der Waals surface area (Å²) >= 11 is 0. The molecule has 1 saturated heterocycles. The maximum atomic E-state index is 12.7. The highest BCUT2D eigenvalue weighted by Gasteiger charge is 2.26. The van der Waals surface area contributed by atoms with E-state index >= 15 is 0 Å². The Morgan fingerprint density at radius 1 is 1.25 bits per heavy atom. The average Bonchev–Trinajstić information content (AvgIpc) is 3.30. The number of fused-ring (bicyclic) bond motifs is 1. The molecule has 0 aliphatic carbocycles. The molecule has 0 radical (unpaired) electrons. The molecule has 4 rings (SSSR count). The summed E-state index contributed by atoms with van der Waals surface area (Å²) in [5.74, 6) is 0.682. The zero-order valence-corrected chi connectivity index (χ0v) is 13.9. The first-order chi connectivity index (χ1) is 11.8. The number of aromatic amines is 1. The summed E-state index contributed by atoms with van der Waals surface area (Å²) in [4.78, 5) is 17.0. The first-order valence-corrected chi connectivity index (χ1v) is 8.91. The van der Waals surface area contributed by atoms with Crippen molar-refractivity contribution < 1.29 is 4.79 Å². The van der Waals surface area contributed by atoms with Gasteiger partial charge in [-0.25, -0.2) is 0 Å². The Hall–Kier alpha value is -2.30. The third kappa shape index (κ3) is 3.03. The van der Waals surface area contributed by atoms with E-state index in [1.165, 1.54) is 11.3 Å². The van der Waals surface area contributed by atoms with Gasteiger partial charge in [0.25, 0.3) is 0 Å². The molecular weight excluding hydrogens is 300 g/mol. The molecule has 1 amide bonds. The molecule has 2 aliphatic heterocycles. The molecule has 0 spiro atoms. The molecular formula is C19H24N4O. The number of anilines is 1. The highest BCUT2D eigenvalue weighted by atomic mass is 16.2. The minimum atomic E-state index is 0.281. The van der Waals surface area contributed by atoms with Gasteiger partial charge in [-0.15, -0.1) is 0 Å². The number of nitrogens with one attached hydrogen (secondary N) is 1. The van der Waals surface area contributed by atoms with Crippen LogP contribution < -0.4 is 4.90 Å². The standard InChI is InChI=1S/C19H24N4O/c24-19(9-13-22-12-8-15-4-1-2-6-18(15)22)23-11-3-5-16(14-23)17-7-10-20-21-17/h1-2,4,6-7,10,16H,3,5,8-9,11-14H2,(H,20,21)/t16-/m0/s1. The molecule has 1 atom stereocenters. The van der Waals surface area contributed by atoms with Crippen molar-refractivity contribution in [3.63, 3.8) is 0 Å². The number of benzene rings is 1. The van der Waals surface area contributed by atoms with Crippen LogP contribution in [0.3, 0.4) is 0 Å². The number of nitrogens with zero attached hydrogens (tertiary/aromatic N) is 3. The van der Waals surface area contributed by atoms with Gasteiger partial charge in [-0.05, 0) is 37.0 Å². The van der Waals surface area contributed by atoms with Gasteiger partial charge >= 0.3 is 0 Å². The van der Waals surface area contributed by atoms with Crippen molar-refractivity contribution in [2.24, 2.45) is 0 Å². The number of aromatic nitrogens is 2. The van der Waals surface area contributed by atoms with E-state index < -0.39 is 0 Å². The van der Waals surface area contributed by atoms with Crippen LogP contribution in [0.1, 0.15) is 36.4 Å². The summed E-state index contributed by atoms with van der Waals surface area (Å²) in [7, 11) is 0. The fourth-order valence-corrected chi connectivity index (χ4v) is 3.98. The fourth-order valence-electron chi connectivity index (χ4n) is 3.98. The molecule has 24 heavy (non-hydrogen) atoms. The summed E-state index contributed by atoms with van der Waals surface area (Å²) in [6, 6.07) is 10.6. The Bertz CT molecular complexity index is 697. The smallest absolute Gasteiger partial charge is 0.224 e. The van der Waals surface area contributed by atoms with Crippen LogP contribution in [0, 0.1) is 0 Å². The molecule has 126 valence electrons. The van der Waals surface area contributed by atoms with E-state index in [1.54, 1.807) is 6.20 Å². The minimum absolute atomic E-state index is 0.281. The topological polar surface area (TPSA) is 52.2 Å². The molecule has 1 aromatic heterocycles. The number of amides is 1. The number of carbonyl (C=O) groups excluding carboxylic acids is 1. The summed E-state index contributed by atoms with van der Waals surface area (Å²) in [5, 5.41) is 7.10. The molecule has 0 bridgehead atoms. The van der Waals surface area contributed by atoms with Gasteiger partial charge in [-0.2, -0.15) is 5.10 Å². The van der Waals surface area contributed by atoms with Crippen molar-refractivity contribution in [3.8, 4) is 0 Å². The van der Waals surface area contributed by atoms with E-state index in [0.717, 1.165) is 51.1 Å². The molecule has 1 fully saturated rings. The zero-order chi connectivity index (χ0) is 16.4. The summed E-state index contributed by atoms with van der Waals surface area (Å²) in [5.41, 5.74) is 3.86. The fraction of sp³-hybridized carbons (Fsp3) is 0.474. The Labute approximate surface area is 142 Å². The van der Waals surface area contributed by atoms with Gasteiger partial charge in [0.2, 0.25) is 5.91 Å². The van der Waals surface area contributed by atoms with Crippen LogP contribution in [0.5, 0.6) is 0 Å². The second-order valence-electron chi connectivity index (χ2n) is 6.81. The summed E-state index contributed by atoms with van der Waals surface area (Å²) < 4.78 is 0. The van der Waals surface area contributed by atoms with Crippen LogP contribution in [0.15, 0.2) is 36.5 Å². The predicted molar refractivity (Wildman–Crippen MR) is 94.1 cm³/mol. The van der Waals surface area contributed by atoms with Crippen molar-refractivity contribution in [2.75, 3.05) is 31.1 Å². The molecule has 3 heterocycles. The number of hydrogen-bond donors (Lipinski definition) is 1. The number of hydrogen-bond acceptors (Lipinski definition) is 3. The lowest BCUT2D eigenvalue weighted by Crippen LogP contribution is -2.40. The number of piperidine rings is 1. The number of likely N-dealkylation sites (tertiary alicyclic amines) is 1. The van der Waals surface area contributed by atoms with E-state index in [2.05, 4.69) is 39.4 Å². The van der Waals surface area contributed by atoms with E-state index in [1.807, 2.05) is 11.0 Å². The molecule has 2 aliphatic rings. The van der Waals surface area contributed by atoms with E-state index in [4.69, 9.17) is 0 Å². The van der Waals surface area contributed by atoms with Gasteiger partial charge in [0.15, 0.2) is 0 Å². The van der Waals surface area contributed by atoms with Crippen molar-refractivity contribution in [3.05, 3.63) is 47.8 Å². The van der Waals surface area contributed by atoms with E-state index in [0.29, 0.717) is 12.3 Å². The maximum absolute atomic E-state index is 12.7. The lowest BCUT2D eigenvalue weighted by molar-refractivity contribution is -0.132. The molecule has 1 aromatic carbocycles.